The van der Waals surface area contributed by atoms with Gasteiger partial charge in [0.2, 0.25) is 0 Å². The molecular weight excluding hydrogens is 635 g/mol. The number of ether oxygens (including phenoxy) is 1. The molecule has 0 saturated carbocycles. The summed E-state index contributed by atoms with van der Waals surface area (Å²) in [5.41, 5.74) is 1.91. The van der Waals surface area contributed by atoms with E-state index in [-0.39, 0.29) is 13.2 Å². The molecule has 6 N–H and O–H groups in total. The Morgan fingerprint density at radius 2 is 1.56 bits per heavy atom. The van der Waals surface area contributed by atoms with Gasteiger partial charge >= 0.3 is 42.7 Å². The van der Waals surface area contributed by atoms with Crippen molar-refractivity contribution in [1.29, 1.82) is 0 Å². The predicted molar refractivity (Wildman–Crippen MR) is 209 cm³/mol. The standard InChI is InChI=1S/C30H56B6N7O7/c1-32(45)39-28(40-33(2)46)14-11-9-7-6-8-10-12-20-42(35(4)48)30(38-31-25-44)43(36(5)49)22-23-50-24-26-15-17-27(18-16-26)29-37-19-13-21-41(29)34(3)47/h15-18,25,45-49H,6-14,19-24H2,1-5H3,(H,39,40). The van der Waals surface area contributed by atoms with Crippen molar-refractivity contribution >= 4 is 66.5 Å². The topological polar surface area (TPSA) is 186 Å². The molecular formula is C30H56B6N7O7. The second kappa shape index (κ2) is 24.4. The zero-order valence-electron chi connectivity index (χ0n) is 30.7. The normalized spacial score (nSPS) is 13.4. The fourth-order valence-electron chi connectivity index (χ4n) is 5.76. The maximum Gasteiger partial charge on any atom is 0.429 e. The molecule has 2 rings (SSSR count). The summed E-state index contributed by atoms with van der Waals surface area (Å²) in [6.45, 7) is 11.1. The van der Waals surface area contributed by atoms with Gasteiger partial charge in [-0.1, -0.05) is 56.4 Å². The predicted octanol–water partition coefficient (Wildman–Crippen LogP) is 1.09. The second-order valence-electron chi connectivity index (χ2n) is 12.8. The third kappa shape index (κ3) is 16.5. The molecule has 0 fully saturated rings. The Balaban J connectivity index is 1.85. The van der Waals surface area contributed by atoms with E-state index in [0.717, 1.165) is 88.8 Å². The molecule has 0 amide bonds. The Morgan fingerprint density at radius 1 is 0.940 bits per heavy atom. The number of nitrogens with zero attached hydrogens (tertiary/aromatic N) is 6. The van der Waals surface area contributed by atoms with Crippen LogP contribution in [0.5, 0.6) is 0 Å². The van der Waals surface area contributed by atoms with Crippen molar-refractivity contribution in [3.05, 3.63) is 35.4 Å². The highest BCUT2D eigenvalue weighted by Gasteiger charge is 2.29. The van der Waals surface area contributed by atoms with E-state index in [0.29, 0.717) is 37.6 Å². The van der Waals surface area contributed by atoms with E-state index in [4.69, 9.17) is 4.74 Å². The number of carbonyl (C=O) groups excluding carboxylic acids is 1. The van der Waals surface area contributed by atoms with Gasteiger partial charge in [-0.25, -0.2) is 0 Å². The van der Waals surface area contributed by atoms with Crippen LogP contribution in [0.15, 0.2) is 39.1 Å². The Bertz CT molecular complexity index is 1200. The molecule has 1 radical (unpaired) electrons. The zero-order valence-corrected chi connectivity index (χ0v) is 30.7. The number of nitrogens with one attached hydrogen (secondary N) is 1. The lowest BCUT2D eigenvalue weighted by atomic mass is 9.81. The average Bonchev–Trinajstić information content (AvgIpc) is 3.06. The molecule has 0 unspecified atom stereocenters. The van der Waals surface area contributed by atoms with Gasteiger partial charge in [-0.05, 0) is 58.9 Å². The van der Waals surface area contributed by atoms with E-state index < -0.39 is 35.3 Å². The van der Waals surface area contributed by atoms with Gasteiger partial charge in [0.1, 0.15) is 12.0 Å². The average molecular weight is 692 g/mol. The summed E-state index contributed by atoms with van der Waals surface area (Å²) >= 11 is 0. The van der Waals surface area contributed by atoms with E-state index in [1.807, 2.05) is 29.1 Å². The molecule has 0 saturated heterocycles. The Labute approximate surface area is 301 Å². The van der Waals surface area contributed by atoms with Crippen LogP contribution >= 0.6 is 0 Å². The molecule has 1 aliphatic heterocycles. The maximum absolute atomic E-state index is 11.2. The molecule has 1 aliphatic rings. The van der Waals surface area contributed by atoms with E-state index in [1.165, 1.54) is 0 Å². The van der Waals surface area contributed by atoms with Gasteiger partial charge in [-0.3, -0.25) is 9.90 Å². The molecule has 1 aromatic carbocycles. The molecule has 1 heterocycles. The lowest BCUT2D eigenvalue weighted by molar-refractivity contribution is 0.114. The molecule has 271 valence electrons. The summed E-state index contributed by atoms with van der Waals surface area (Å²) in [5.74, 6) is 1.70. The van der Waals surface area contributed by atoms with Gasteiger partial charge in [0.05, 0.1) is 19.0 Å². The van der Waals surface area contributed by atoms with E-state index in [9.17, 15) is 29.9 Å². The first kappa shape index (κ1) is 43.4. The van der Waals surface area contributed by atoms with Gasteiger partial charge < -0.3 is 59.2 Å². The highest BCUT2D eigenvalue weighted by molar-refractivity contribution is 6.67. The number of unbranched alkanes of at least 4 members (excludes halogenated alkanes) is 6. The zero-order chi connectivity index (χ0) is 36.9. The van der Waals surface area contributed by atoms with Crippen LogP contribution in [0.4, 0.5) is 0 Å². The summed E-state index contributed by atoms with van der Waals surface area (Å²) in [6.07, 6.45) is 8.90. The first-order valence-corrected chi connectivity index (χ1v) is 18.0. The van der Waals surface area contributed by atoms with Crippen LogP contribution < -0.4 is 5.23 Å². The molecule has 1 aromatic rings. The van der Waals surface area contributed by atoms with E-state index in [2.05, 4.69) is 20.0 Å². The third-order valence-electron chi connectivity index (χ3n) is 8.20. The smallest absolute Gasteiger partial charge is 0.429 e. The van der Waals surface area contributed by atoms with Crippen LogP contribution in [0.3, 0.4) is 0 Å². The van der Waals surface area contributed by atoms with E-state index in [1.54, 1.807) is 43.7 Å². The summed E-state index contributed by atoms with van der Waals surface area (Å²) in [7, 11) is -2.89. The molecule has 0 spiro atoms. The Hall–Kier alpha value is -2.75. The molecule has 0 bridgehead atoms. The number of carbonyl (C=O) groups is 1. The van der Waals surface area contributed by atoms with Crippen molar-refractivity contribution in [3.8, 4) is 0 Å². The van der Waals surface area contributed by atoms with Gasteiger partial charge in [-0.15, -0.1) is 0 Å². The largest absolute Gasteiger partial charge is 0.433 e. The maximum atomic E-state index is 11.2. The third-order valence-corrected chi connectivity index (χ3v) is 8.20. The number of hydrogen-bond acceptors (Lipinski definition) is 11. The van der Waals surface area contributed by atoms with Crippen molar-refractivity contribution in [1.82, 2.24) is 19.7 Å². The Kier molecular flexibility index (Phi) is 21.2. The van der Waals surface area contributed by atoms with Gasteiger partial charge in [0, 0.05) is 38.2 Å². The summed E-state index contributed by atoms with van der Waals surface area (Å²) in [6, 6.07) is 7.90. The highest BCUT2D eigenvalue weighted by atomic mass is 16.5. The van der Waals surface area contributed by atoms with Crippen LogP contribution in [0.2, 0.25) is 34.1 Å². The van der Waals surface area contributed by atoms with E-state index >= 15 is 0 Å². The number of guanidine groups is 1. The first-order chi connectivity index (χ1) is 23.9. The number of aliphatic imine (C=N–C) groups is 1. The number of rotatable bonds is 23. The quantitative estimate of drug-likeness (QED) is 0.0317. The number of hydrogen-bond donors (Lipinski definition) is 6. The van der Waals surface area contributed by atoms with Crippen molar-refractivity contribution in [2.45, 2.75) is 98.5 Å². The van der Waals surface area contributed by atoms with Gasteiger partial charge in [0.25, 0.3) is 0 Å². The minimum absolute atomic E-state index is 0.268. The fraction of sp³-hybridized carbons (Fsp3) is 0.667. The molecule has 0 aliphatic carbocycles. The van der Waals surface area contributed by atoms with Gasteiger partial charge in [-0.2, -0.15) is 0 Å². The van der Waals surface area contributed by atoms with Crippen LogP contribution in [0.25, 0.3) is 0 Å². The monoisotopic (exact) mass is 692 g/mol. The van der Waals surface area contributed by atoms with Crippen molar-refractivity contribution in [2.75, 3.05) is 32.8 Å². The molecule has 0 atom stereocenters. The highest BCUT2D eigenvalue weighted by Crippen LogP contribution is 2.15. The molecule has 14 nitrogen and oxygen atoms in total. The minimum atomic E-state index is -0.951. The van der Waals surface area contributed by atoms with Crippen LogP contribution in [0, 0.1) is 0 Å². The van der Waals surface area contributed by atoms with Gasteiger partial charge in [0.15, 0.2) is 5.96 Å². The van der Waals surface area contributed by atoms with Crippen LogP contribution in [-0.2, 0) is 16.1 Å². The molecule has 50 heavy (non-hydrogen) atoms. The first-order valence-electron chi connectivity index (χ1n) is 18.0. The minimum Gasteiger partial charge on any atom is -0.433 e. The van der Waals surface area contributed by atoms with Crippen molar-refractivity contribution in [3.63, 3.8) is 0 Å². The lowest BCUT2D eigenvalue weighted by Crippen LogP contribution is -2.56. The van der Waals surface area contributed by atoms with Crippen molar-refractivity contribution < 1.29 is 34.7 Å². The van der Waals surface area contributed by atoms with Crippen LogP contribution in [0.1, 0.15) is 68.9 Å². The molecule has 0 aromatic heterocycles. The summed E-state index contributed by atoms with van der Waals surface area (Å²) in [4.78, 5) is 29.5. The lowest BCUT2D eigenvalue weighted by Gasteiger charge is -2.36. The number of amidine groups is 2. The summed E-state index contributed by atoms with van der Waals surface area (Å²) < 4.78 is 5.96. The molecule has 20 heteroatoms. The van der Waals surface area contributed by atoms with Crippen LogP contribution in [-0.4, -0.2) is 139 Å². The summed E-state index contributed by atoms with van der Waals surface area (Å²) in [5, 5.41) is 53.5. The fourth-order valence-corrected chi connectivity index (χ4v) is 5.76. The Morgan fingerprint density at radius 3 is 2.14 bits per heavy atom. The SMILES string of the molecule is CB(O)N=C(CCCCCCCCCN(B(C)O)C(=N[B]C=O)N(CCOCc1ccc(C2=NCCCN2B(C)O)cc1)B(C)O)NB(C)O. The number of benzene rings is 1. The van der Waals surface area contributed by atoms with Crippen molar-refractivity contribution in [2.24, 2.45) is 14.8 Å². The second-order valence-corrected chi connectivity index (χ2v) is 12.8.